The lowest BCUT2D eigenvalue weighted by molar-refractivity contribution is -0.135. The molecule has 0 bridgehead atoms. The highest BCUT2D eigenvalue weighted by Gasteiger charge is 2.35. The summed E-state index contributed by atoms with van der Waals surface area (Å²) in [4.78, 5) is 13.3. The number of rotatable bonds is 17. The first-order valence-electron chi connectivity index (χ1n) is 18.3. The number of fused-ring (bicyclic) bond motifs is 1. The van der Waals surface area contributed by atoms with Gasteiger partial charge in [-0.1, -0.05) is 111 Å². The van der Waals surface area contributed by atoms with E-state index in [-0.39, 0.29) is 17.5 Å². The van der Waals surface area contributed by atoms with Crippen LogP contribution in [0.4, 0.5) is 0 Å². The van der Waals surface area contributed by atoms with Gasteiger partial charge in [0, 0.05) is 5.56 Å². The zero-order chi connectivity index (χ0) is 33.3. The topological polar surface area (TPSA) is 35.5 Å². The van der Waals surface area contributed by atoms with E-state index in [1.54, 1.807) is 0 Å². The van der Waals surface area contributed by atoms with Crippen molar-refractivity contribution in [3.05, 3.63) is 57.6 Å². The number of carbonyl (C=O) groups excluding carboxylic acids is 1. The van der Waals surface area contributed by atoms with Gasteiger partial charge in [0.05, 0.1) is 5.92 Å². The number of esters is 1. The van der Waals surface area contributed by atoms with E-state index in [2.05, 4.69) is 93.5 Å². The molecule has 0 spiro atoms. The summed E-state index contributed by atoms with van der Waals surface area (Å²) in [5.74, 6) is 4.29. The number of hydrogen-bond acceptors (Lipinski definition) is 3. The summed E-state index contributed by atoms with van der Waals surface area (Å²) >= 11 is 0. The third-order valence-electron chi connectivity index (χ3n) is 10.5. The van der Waals surface area contributed by atoms with Crippen LogP contribution >= 0.6 is 0 Å². The normalized spacial score (nSPS) is 18.4. The van der Waals surface area contributed by atoms with Gasteiger partial charge in [-0.3, -0.25) is 4.79 Å². The third-order valence-corrected chi connectivity index (χ3v) is 10.5. The van der Waals surface area contributed by atoms with Crippen molar-refractivity contribution >= 4 is 5.97 Å². The fourth-order valence-electron chi connectivity index (χ4n) is 7.15. The molecule has 0 saturated heterocycles. The third kappa shape index (κ3) is 10.9. The summed E-state index contributed by atoms with van der Waals surface area (Å²) in [6.45, 7) is 24.5. The zero-order valence-corrected chi connectivity index (χ0v) is 30.9. The molecule has 0 aliphatic carbocycles. The second-order valence-electron chi connectivity index (χ2n) is 15.9. The first-order chi connectivity index (χ1) is 21.2. The Labute approximate surface area is 277 Å². The Morgan fingerprint density at radius 3 is 1.93 bits per heavy atom. The first-order valence-corrected chi connectivity index (χ1v) is 18.3. The molecule has 2 aromatic rings. The summed E-state index contributed by atoms with van der Waals surface area (Å²) < 4.78 is 13.0. The quantitative estimate of drug-likeness (QED) is 0.131. The first kappa shape index (κ1) is 37.2. The Kier molecular flexibility index (Phi) is 14.1. The number of benzene rings is 2. The highest BCUT2D eigenvalue weighted by Crippen LogP contribution is 2.45. The number of hydrogen-bond donors (Lipinski definition) is 0. The molecule has 3 rings (SSSR count). The van der Waals surface area contributed by atoms with Crippen LogP contribution in [-0.4, -0.2) is 11.6 Å². The molecule has 2 aromatic carbocycles. The van der Waals surface area contributed by atoms with Crippen molar-refractivity contribution in [2.45, 2.75) is 165 Å². The van der Waals surface area contributed by atoms with Gasteiger partial charge in [0.15, 0.2) is 0 Å². The minimum atomic E-state index is -0.326. The Bertz CT molecular complexity index is 1220. The summed E-state index contributed by atoms with van der Waals surface area (Å²) in [5, 5.41) is 0. The Morgan fingerprint density at radius 1 is 0.778 bits per heavy atom. The largest absolute Gasteiger partial charge is 0.487 e. The van der Waals surface area contributed by atoms with E-state index in [0.29, 0.717) is 5.92 Å². The van der Waals surface area contributed by atoms with Gasteiger partial charge < -0.3 is 9.47 Å². The van der Waals surface area contributed by atoms with E-state index < -0.39 is 0 Å². The highest BCUT2D eigenvalue weighted by atomic mass is 16.5. The molecular weight excluding hydrogens is 552 g/mol. The van der Waals surface area contributed by atoms with Crippen LogP contribution in [0.5, 0.6) is 11.5 Å². The van der Waals surface area contributed by atoms with Crippen molar-refractivity contribution in [3.8, 4) is 11.5 Å². The van der Waals surface area contributed by atoms with Crippen molar-refractivity contribution in [3.63, 3.8) is 0 Å². The second-order valence-corrected chi connectivity index (χ2v) is 15.9. The SMILES string of the molecule is Cc1c(C)c2c(c(C)c1OC(=O)[C@H](C)c1ccc(CC(C)C)cc1)CCC(C)(CCCC(C)CCCC(C)CCCC(C)C)O2. The number of ether oxygens (including phenoxy) is 2. The Balaban J connectivity index is 1.55. The van der Waals surface area contributed by atoms with Crippen LogP contribution in [-0.2, 0) is 17.6 Å². The lowest BCUT2D eigenvalue weighted by atomic mass is 9.83. The van der Waals surface area contributed by atoms with Gasteiger partial charge in [-0.05, 0) is 118 Å². The second kappa shape index (κ2) is 17.0. The monoisotopic (exact) mass is 619 g/mol. The van der Waals surface area contributed by atoms with Crippen LogP contribution in [0.1, 0.15) is 159 Å². The molecule has 0 N–H and O–H groups in total. The standard InChI is InChI=1S/C42H66O3/c1-28(2)15-12-16-30(5)17-13-18-31(6)19-14-25-42(11)26-24-38-35(10)39(32(7)33(8)40(38)45-42)44-41(43)34(9)37-22-20-36(21-23-37)27-29(3)4/h20-23,28-31,34H,12-19,24-27H2,1-11H3/t30?,31?,34-,42?/m1/s1. The van der Waals surface area contributed by atoms with Crippen molar-refractivity contribution < 1.29 is 14.3 Å². The van der Waals surface area contributed by atoms with Gasteiger partial charge in [0.1, 0.15) is 17.1 Å². The minimum Gasteiger partial charge on any atom is -0.487 e. The van der Waals surface area contributed by atoms with Gasteiger partial charge in [0.25, 0.3) is 0 Å². The average Bonchev–Trinajstić information content (AvgIpc) is 2.97. The lowest BCUT2D eigenvalue weighted by Crippen LogP contribution is -2.37. The number of carbonyl (C=O) groups is 1. The van der Waals surface area contributed by atoms with Crippen molar-refractivity contribution in [2.75, 3.05) is 0 Å². The van der Waals surface area contributed by atoms with Gasteiger partial charge >= 0.3 is 5.97 Å². The van der Waals surface area contributed by atoms with E-state index in [4.69, 9.17) is 9.47 Å². The van der Waals surface area contributed by atoms with Crippen LogP contribution in [0.2, 0.25) is 0 Å². The van der Waals surface area contributed by atoms with E-state index in [0.717, 1.165) is 77.2 Å². The maximum Gasteiger partial charge on any atom is 0.318 e. The predicted molar refractivity (Wildman–Crippen MR) is 192 cm³/mol. The molecular formula is C42H66O3. The van der Waals surface area contributed by atoms with Crippen molar-refractivity contribution in [1.82, 2.24) is 0 Å². The van der Waals surface area contributed by atoms with Crippen LogP contribution in [0.15, 0.2) is 24.3 Å². The van der Waals surface area contributed by atoms with Gasteiger partial charge in [-0.25, -0.2) is 0 Å². The Hall–Kier alpha value is -2.29. The molecule has 3 unspecified atom stereocenters. The van der Waals surface area contributed by atoms with Crippen LogP contribution in [0.3, 0.4) is 0 Å². The summed E-state index contributed by atoms with van der Waals surface area (Å²) in [6.07, 6.45) is 14.8. The molecule has 0 aromatic heterocycles. The molecule has 0 saturated carbocycles. The van der Waals surface area contributed by atoms with Crippen LogP contribution in [0, 0.1) is 44.4 Å². The van der Waals surface area contributed by atoms with Crippen LogP contribution < -0.4 is 9.47 Å². The molecule has 3 nitrogen and oxygen atoms in total. The molecule has 3 heteroatoms. The molecule has 4 atom stereocenters. The lowest BCUT2D eigenvalue weighted by Gasteiger charge is -2.38. The summed E-state index contributed by atoms with van der Waals surface area (Å²) in [7, 11) is 0. The fraction of sp³-hybridized carbons (Fsp3) is 0.690. The predicted octanol–water partition coefficient (Wildman–Crippen LogP) is 12.0. The molecule has 252 valence electrons. The fourth-order valence-corrected chi connectivity index (χ4v) is 7.15. The van der Waals surface area contributed by atoms with E-state index in [1.807, 2.05) is 6.92 Å². The molecule has 1 aliphatic rings. The Morgan fingerprint density at radius 2 is 1.36 bits per heavy atom. The van der Waals surface area contributed by atoms with Crippen molar-refractivity contribution in [1.29, 1.82) is 0 Å². The zero-order valence-electron chi connectivity index (χ0n) is 30.9. The molecule has 0 radical (unpaired) electrons. The van der Waals surface area contributed by atoms with E-state index in [9.17, 15) is 4.79 Å². The van der Waals surface area contributed by atoms with Crippen LogP contribution in [0.25, 0.3) is 0 Å². The molecule has 0 fully saturated rings. The molecule has 45 heavy (non-hydrogen) atoms. The molecule has 1 aliphatic heterocycles. The summed E-state index contributed by atoms with van der Waals surface area (Å²) in [6, 6.07) is 8.44. The average molecular weight is 619 g/mol. The molecule has 0 amide bonds. The van der Waals surface area contributed by atoms with Gasteiger partial charge in [0.2, 0.25) is 0 Å². The van der Waals surface area contributed by atoms with Gasteiger partial charge in [-0.15, -0.1) is 0 Å². The smallest absolute Gasteiger partial charge is 0.318 e. The van der Waals surface area contributed by atoms with Gasteiger partial charge in [-0.2, -0.15) is 0 Å². The van der Waals surface area contributed by atoms with E-state index >= 15 is 0 Å². The minimum absolute atomic E-state index is 0.143. The maximum atomic E-state index is 13.3. The highest BCUT2D eigenvalue weighted by molar-refractivity contribution is 5.81. The summed E-state index contributed by atoms with van der Waals surface area (Å²) in [5.41, 5.74) is 6.53. The van der Waals surface area contributed by atoms with E-state index in [1.165, 1.54) is 62.5 Å². The maximum absolute atomic E-state index is 13.3. The molecule has 1 heterocycles. The van der Waals surface area contributed by atoms with Crippen molar-refractivity contribution in [2.24, 2.45) is 23.7 Å².